The molecule has 3 aliphatic rings. The molecule has 0 unspecified atom stereocenters. The van der Waals surface area contributed by atoms with Gasteiger partial charge in [0.15, 0.2) is 0 Å². The van der Waals surface area contributed by atoms with Gasteiger partial charge in [0.05, 0.1) is 11.0 Å². The van der Waals surface area contributed by atoms with Crippen LogP contribution in [0.1, 0.15) is 90.1 Å². The first-order valence-electron chi connectivity index (χ1n) is 21.4. The maximum Gasteiger partial charge on any atom is 0.333 e. The molecule has 2 aliphatic heterocycles. The van der Waals surface area contributed by atoms with Crippen LogP contribution < -0.4 is 15.7 Å². The Hall–Kier alpha value is -5.58. The number of fused-ring (bicyclic) bond motifs is 14. The van der Waals surface area contributed by atoms with Crippen LogP contribution in [-0.4, -0.2) is 11.4 Å². The molecule has 2 aromatic heterocycles. The van der Waals surface area contributed by atoms with E-state index in [1.807, 2.05) is 11.3 Å². The molecule has 0 saturated carbocycles. The average molecular weight is 781 g/mol. The first-order chi connectivity index (χ1) is 28.1. The molecule has 1 aliphatic carbocycles. The highest BCUT2D eigenvalue weighted by Crippen LogP contribution is 2.51. The number of thiophene rings is 1. The van der Waals surface area contributed by atoms with Gasteiger partial charge >= 0.3 is 6.85 Å². The van der Waals surface area contributed by atoms with Gasteiger partial charge in [0, 0.05) is 53.6 Å². The third kappa shape index (κ3) is 4.93. The minimum Gasteiger partial charge on any atom is -0.376 e. The minimum absolute atomic E-state index is 0.00503. The van der Waals surface area contributed by atoms with Crippen molar-refractivity contribution in [3.63, 3.8) is 0 Å². The number of hydrogen-bond donors (Lipinski definition) is 0. The average Bonchev–Trinajstić information content (AvgIpc) is 3.86. The van der Waals surface area contributed by atoms with Crippen molar-refractivity contribution in [2.75, 3.05) is 4.81 Å². The summed E-state index contributed by atoms with van der Waals surface area (Å²) in [4.78, 5) is 2.71. The number of rotatable bonds is 1. The van der Waals surface area contributed by atoms with Crippen LogP contribution in [0.2, 0.25) is 0 Å². The topological polar surface area (TPSA) is 8.17 Å². The van der Waals surface area contributed by atoms with Crippen molar-refractivity contribution >= 4 is 82.5 Å². The fourth-order valence-electron chi connectivity index (χ4n) is 10.6. The summed E-state index contributed by atoms with van der Waals surface area (Å²) >= 11 is 1.91. The molecule has 2 nitrogen and oxygen atoms in total. The summed E-state index contributed by atoms with van der Waals surface area (Å²) in [5.41, 5.74) is 21.8. The van der Waals surface area contributed by atoms with Crippen LogP contribution in [0.5, 0.6) is 0 Å². The molecule has 288 valence electrons. The van der Waals surface area contributed by atoms with E-state index >= 15 is 0 Å². The Morgan fingerprint density at radius 3 is 1.93 bits per heavy atom. The molecule has 9 aromatic rings. The first kappa shape index (κ1) is 35.4. The van der Waals surface area contributed by atoms with E-state index in [0.717, 1.165) is 6.42 Å². The van der Waals surface area contributed by atoms with Crippen LogP contribution in [-0.2, 0) is 22.7 Å². The Morgan fingerprint density at radius 1 is 0.492 bits per heavy atom. The zero-order chi connectivity index (χ0) is 40.5. The molecule has 0 bridgehead atoms. The van der Waals surface area contributed by atoms with Gasteiger partial charge in [-0.2, -0.15) is 0 Å². The van der Waals surface area contributed by atoms with Crippen LogP contribution in [0.25, 0.3) is 69.9 Å². The molecule has 4 heterocycles. The van der Waals surface area contributed by atoms with E-state index in [1.165, 1.54) is 120 Å². The van der Waals surface area contributed by atoms with Crippen molar-refractivity contribution in [3.8, 4) is 27.9 Å². The predicted molar refractivity (Wildman–Crippen MR) is 257 cm³/mol. The van der Waals surface area contributed by atoms with Crippen LogP contribution in [0, 0.1) is 0 Å². The number of anilines is 2. The zero-order valence-electron chi connectivity index (χ0n) is 35.6. The van der Waals surface area contributed by atoms with Gasteiger partial charge in [-0.15, -0.1) is 11.3 Å². The lowest BCUT2D eigenvalue weighted by Crippen LogP contribution is -2.60. The van der Waals surface area contributed by atoms with Gasteiger partial charge in [-0.05, 0) is 127 Å². The largest absolute Gasteiger partial charge is 0.376 e. The van der Waals surface area contributed by atoms with Gasteiger partial charge in [-0.1, -0.05) is 135 Å². The Morgan fingerprint density at radius 2 is 1.17 bits per heavy atom. The quantitative estimate of drug-likeness (QED) is 0.151. The van der Waals surface area contributed by atoms with Crippen molar-refractivity contribution in [2.45, 2.75) is 85.0 Å². The molecule has 0 saturated heterocycles. The van der Waals surface area contributed by atoms with Crippen molar-refractivity contribution < 1.29 is 0 Å². The van der Waals surface area contributed by atoms with Crippen LogP contribution in [0.15, 0.2) is 121 Å². The van der Waals surface area contributed by atoms with Crippen LogP contribution in [0.3, 0.4) is 0 Å². The van der Waals surface area contributed by atoms with E-state index in [1.54, 1.807) is 0 Å². The third-order valence-electron chi connectivity index (χ3n) is 13.9. The van der Waals surface area contributed by atoms with Crippen molar-refractivity contribution in [3.05, 3.63) is 149 Å². The normalized spacial score (nSPS) is 14.4. The van der Waals surface area contributed by atoms with E-state index in [-0.39, 0.29) is 23.1 Å². The van der Waals surface area contributed by atoms with E-state index in [0.29, 0.717) is 0 Å². The van der Waals surface area contributed by atoms with Crippen LogP contribution in [0.4, 0.5) is 11.4 Å². The lowest BCUT2D eigenvalue weighted by molar-refractivity contribution is 0.589. The molecule has 4 heteroatoms. The standard InChI is InChI=1S/C55H49BN2S/c1-53(2,3)33-14-18-36(19-15-33)58-48-26-32-24-31-25-34(54(4,5)6)16-20-37(31)41(32)28-42(48)39-21-22-40-43-30-50-44(38-12-10-11-13-49(38)59-50)29-47(43)57-46-23-17-35(55(7,8)9)27-45(46)56(58)51(39)52(40)57/h10-23,25-30H,24H2,1-9H3. The van der Waals surface area contributed by atoms with E-state index in [2.05, 4.69) is 193 Å². The van der Waals surface area contributed by atoms with E-state index in [9.17, 15) is 0 Å². The number of hydrogen-bond acceptors (Lipinski definition) is 2. The SMILES string of the molecule is CC(C)(C)c1ccc(N2B3c4cc(C(C)(C)C)ccc4-n4c5cc6c(cc5c5ccc(c3c54)-c3cc4c(cc32)Cc2cc(C(C)(C)C)ccc2-4)sc2ccccc26)cc1. The van der Waals surface area contributed by atoms with Gasteiger partial charge in [0.25, 0.3) is 0 Å². The zero-order valence-corrected chi connectivity index (χ0v) is 36.5. The molecule has 0 spiro atoms. The summed E-state index contributed by atoms with van der Waals surface area (Å²) in [5.74, 6) is 0. The molecule has 0 radical (unpaired) electrons. The summed E-state index contributed by atoms with van der Waals surface area (Å²) in [5, 5.41) is 5.35. The van der Waals surface area contributed by atoms with E-state index in [4.69, 9.17) is 0 Å². The molecule has 0 fully saturated rings. The minimum atomic E-state index is -0.00734. The highest BCUT2D eigenvalue weighted by atomic mass is 32.1. The van der Waals surface area contributed by atoms with Gasteiger partial charge in [-0.25, -0.2) is 0 Å². The van der Waals surface area contributed by atoms with Gasteiger partial charge in [-0.3, -0.25) is 0 Å². The number of aromatic nitrogens is 1. The second-order valence-corrected chi connectivity index (χ2v) is 21.7. The Balaban J connectivity index is 1.20. The maximum atomic E-state index is 2.71. The third-order valence-corrected chi connectivity index (χ3v) is 15.0. The van der Waals surface area contributed by atoms with Crippen molar-refractivity contribution in [1.82, 2.24) is 4.57 Å². The molecule has 12 rings (SSSR count). The fourth-order valence-corrected chi connectivity index (χ4v) is 11.8. The molecule has 0 N–H and O–H groups in total. The molecule has 0 atom stereocenters. The van der Waals surface area contributed by atoms with Crippen molar-refractivity contribution in [2.24, 2.45) is 0 Å². The molecule has 59 heavy (non-hydrogen) atoms. The monoisotopic (exact) mass is 780 g/mol. The maximum absolute atomic E-state index is 2.71. The molecular weight excluding hydrogens is 731 g/mol. The lowest BCUT2D eigenvalue weighted by Gasteiger charge is -2.42. The second kappa shape index (κ2) is 11.6. The lowest BCUT2D eigenvalue weighted by atomic mass is 9.43. The summed E-state index contributed by atoms with van der Waals surface area (Å²) in [7, 11) is 0. The Kier molecular flexibility index (Phi) is 6.94. The predicted octanol–water partition coefficient (Wildman–Crippen LogP) is 13.9. The second-order valence-electron chi connectivity index (χ2n) is 20.6. The Bertz CT molecular complexity index is 3300. The Labute approximate surface area is 352 Å². The van der Waals surface area contributed by atoms with Crippen molar-refractivity contribution in [1.29, 1.82) is 0 Å². The molecule has 7 aromatic carbocycles. The highest BCUT2D eigenvalue weighted by molar-refractivity contribution is 7.25. The summed E-state index contributed by atoms with van der Waals surface area (Å²) in [6.45, 7) is 21.0. The summed E-state index contributed by atoms with van der Waals surface area (Å²) < 4.78 is 5.33. The molecule has 0 amide bonds. The van der Waals surface area contributed by atoms with Gasteiger partial charge < -0.3 is 9.38 Å². The van der Waals surface area contributed by atoms with Gasteiger partial charge in [0.1, 0.15) is 0 Å². The number of nitrogens with zero attached hydrogens (tertiary/aromatic N) is 2. The summed E-state index contributed by atoms with van der Waals surface area (Å²) in [6.07, 6.45) is 0.958. The smallest absolute Gasteiger partial charge is 0.333 e. The van der Waals surface area contributed by atoms with Crippen LogP contribution >= 0.6 is 11.3 Å². The van der Waals surface area contributed by atoms with E-state index < -0.39 is 0 Å². The first-order valence-corrected chi connectivity index (χ1v) is 22.2. The highest BCUT2D eigenvalue weighted by Gasteiger charge is 2.45. The number of benzene rings is 7. The molecular formula is C55H49BN2S. The summed E-state index contributed by atoms with van der Waals surface area (Å²) in [6, 6.07) is 48.0. The fraction of sp³-hybridized carbons (Fsp3) is 0.236. The van der Waals surface area contributed by atoms with Gasteiger partial charge in [0.2, 0.25) is 0 Å².